The maximum absolute atomic E-state index is 12.2. The third-order valence-corrected chi connectivity index (χ3v) is 4.38. The van der Waals surface area contributed by atoms with Crippen LogP contribution in [0.2, 0.25) is 0 Å². The summed E-state index contributed by atoms with van der Waals surface area (Å²) in [5.41, 5.74) is 1.31. The zero-order valence-electron chi connectivity index (χ0n) is 14.2. The van der Waals surface area contributed by atoms with Crippen molar-refractivity contribution in [1.29, 1.82) is 0 Å². The molecule has 0 atom stereocenters. The van der Waals surface area contributed by atoms with Gasteiger partial charge in [-0.2, -0.15) is 0 Å². The van der Waals surface area contributed by atoms with Gasteiger partial charge in [0.25, 0.3) is 0 Å². The van der Waals surface area contributed by atoms with E-state index in [-0.39, 0.29) is 23.3 Å². The molecule has 0 unspecified atom stereocenters. The predicted molar refractivity (Wildman–Crippen MR) is 98.1 cm³/mol. The monoisotopic (exact) mass is 371 g/mol. The molecule has 3 rings (SSSR count). The Morgan fingerprint density at radius 1 is 1.31 bits per heavy atom. The number of aromatic nitrogens is 2. The molecule has 7 nitrogen and oxygen atoms in total. The fourth-order valence-corrected chi connectivity index (χ4v) is 3.17. The molecule has 0 radical (unpaired) electrons. The van der Waals surface area contributed by atoms with Crippen LogP contribution >= 0.6 is 11.3 Å². The molecule has 0 aliphatic rings. The second-order valence-corrected chi connectivity index (χ2v) is 6.96. The minimum atomic E-state index is -1.08. The summed E-state index contributed by atoms with van der Waals surface area (Å²) in [6, 6.07) is 6.52. The van der Waals surface area contributed by atoms with Crippen molar-refractivity contribution in [3.63, 3.8) is 0 Å². The Morgan fingerprint density at radius 2 is 2.08 bits per heavy atom. The Labute approximate surface area is 153 Å². The van der Waals surface area contributed by atoms with Crippen LogP contribution in [0.25, 0.3) is 21.8 Å². The first-order valence-corrected chi connectivity index (χ1v) is 8.87. The summed E-state index contributed by atoms with van der Waals surface area (Å²) in [6.45, 7) is 3.86. The van der Waals surface area contributed by atoms with Crippen molar-refractivity contribution in [2.75, 3.05) is 5.32 Å². The van der Waals surface area contributed by atoms with Gasteiger partial charge in [0, 0.05) is 23.6 Å². The molecule has 2 N–H and O–H groups in total. The number of rotatable bonds is 6. The van der Waals surface area contributed by atoms with E-state index < -0.39 is 5.97 Å². The number of amides is 1. The fourth-order valence-electron chi connectivity index (χ4n) is 2.55. The molecule has 0 spiro atoms. The Hall–Kier alpha value is -3.00. The molecule has 0 bridgehead atoms. The topological polar surface area (TPSA) is 105 Å². The summed E-state index contributed by atoms with van der Waals surface area (Å²) in [6.07, 6.45) is 1.94. The highest BCUT2D eigenvalue weighted by molar-refractivity contribution is 7.13. The molecule has 2 heterocycles. The quantitative estimate of drug-likeness (QED) is 0.674. The third kappa shape index (κ3) is 3.65. The first-order valence-electron chi connectivity index (χ1n) is 7.99. The van der Waals surface area contributed by atoms with Gasteiger partial charge in [-0.25, -0.2) is 9.78 Å². The minimum Gasteiger partial charge on any atom is -0.478 e. The van der Waals surface area contributed by atoms with Gasteiger partial charge in [0.2, 0.25) is 11.8 Å². The highest BCUT2D eigenvalue weighted by Gasteiger charge is 2.26. The highest BCUT2D eigenvalue weighted by atomic mass is 32.1. The number of aromatic carboxylic acids is 1. The summed E-state index contributed by atoms with van der Waals surface area (Å²) >= 11 is 1.35. The average molecular weight is 371 g/mol. The second-order valence-electron chi connectivity index (χ2n) is 6.07. The van der Waals surface area contributed by atoms with Crippen LogP contribution in [-0.2, 0) is 4.79 Å². The fraction of sp³-hybridized carbons (Fsp3) is 0.222. The van der Waals surface area contributed by atoms with E-state index in [2.05, 4.69) is 15.5 Å². The molecule has 8 heteroatoms. The number of thiazole rings is 1. The van der Waals surface area contributed by atoms with Gasteiger partial charge >= 0.3 is 5.97 Å². The van der Waals surface area contributed by atoms with Crippen molar-refractivity contribution in [2.24, 2.45) is 5.92 Å². The number of hydrogen-bond donors (Lipinski definition) is 2. The molecule has 3 aromatic rings. The maximum Gasteiger partial charge on any atom is 0.336 e. The van der Waals surface area contributed by atoms with Crippen molar-refractivity contribution >= 4 is 29.1 Å². The SMILES string of the molecule is CC(C)CC(=O)Nc1onc(-c2nccs2)c1-c1ccccc1C(=O)O. The van der Waals surface area contributed by atoms with E-state index in [4.69, 9.17) is 4.52 Å². The zero-order chi connectivity index (χ0) is 18.7. The molecule has 0 aliphatic carbocycles. The molecule has 0 aliphatic heterocycles. The van der Waals surface area contributed by atoms with Gasteiger partial charge in [0.05, 0.1) is 11.1 Å². The van der Waals surface area contributed by atoms with E-state index in [0.29, 0.717) is 28.2 Å². The number of carboxylic acids is 1. The van der Waals surface area contributed by atoms with Crippen LogP contribution in [0.4, 0.5) is 5.88 Å². The Kier molecular flexibility index (Phi) is 5.13. The summed E-state index contributed by atoms with van der Waals surface area (Å²) < 4.78 is 5.35. The second kappa shape index (κ2) is 7.49. The standard InChI is InChI=1S/C18H17N3O4S/c1-10(2)9-13(22)20-16-14(11-5-3-4-6-12(11)18(23)24)15(21-25-16)17-19-7-8-26-17/h3-8,10H,9H2,1-2H3,(H,20,22)(H,23,24). The van der Waals surface area contributed by atoms with Gasteiger partial charge in [-0.1, -0.05) is 37.2 Å². The summed E-state index contributed by atoms with van der Waals surface area (Å²) in [5.74, 6) is -1.01. The van der Waals surface area contributed by atoms with Gasteiger partial charge in [0.1, 0.15) is 5.01 Å². The van der Waals surface area contributed by atoms with E-state index in [1.165, 1.54) is 17.4 Å². The van der Waals surface area contributed by atoms with Gasteiger partial charge in [0.15, 0.2) is 5.69 Å². The van der Waals surface area contributed by atoms with Crippen LogP contribution in [0.3, 0.4) is 0 Å². The van der Waals surface area contributed by atoms with Crippen LogP contribution in [0.15, 0.2) is 40.4 Å². The Morgan fingerprint density at radius 3 is 2.73 bits per heavy atom. The molecule has 134 valence electrons. The van der Waals surface area contributed by atoms with E-state index in [1.54, 1.807) is 29.8 Å². The number of anilines is 1. The van der Waals surface area contributed by atoms with Crippen LogP contribution in [-0.4, -0.2) is 27.1 Å². The molecule has 0 saturated carbocycles. The molecular formula is C18H17N3O4S. The third-order valence-electron chi connectivity index (χ3n) is 3.60. The van der Waals surface area contributed by atoms with Crippen LogP contribution in [0.5, 0.6) is 0 Å². The van der Waals surface area contributed by atoms with Gasteiger partial charge in [-0.3, -0.25) is 10.1 Å². The van der Waals surface area contributed by atoms with Crippen molar-refractivity contribution in [2.45, 2.75) is 20.3 Å². The largest absolute Gasteiger partial charge is 0.478 e. The number of nitrogens with zero attached hydrogens (tertiary/aromatic N) is 2. The summed E-state index contributed by atoms with van der Waals surface area (Å²) in [4.78, 5) is 28.1. The average Bonchev–Trinajstić information content (AvgIpc) is 3.23. The van der Waals surface area contributed by atoms with E-state index in [9.17, 15) is 14.7 Å². The van der Waals surface area contributed by atoms with E-state index in [0.717, 1.165) is 0 Å². The molecule has 0 fully saturated rings. The lowest BCUT2D eigenvalue weighted by Gasteiger charge is -2.09. The van der Waals surface area contributed by atoms with E-state index in [1.807, 2.05) is 13.8 Å². The number of nitrogens with one attached hydrogen (secondary N) is 1. The van der Waals surface area contributed by atoms with Crippen molar-refractivity contribution < 1.29 is 19.2 Å². The van der Waals surface area contributed by atoms with Crippen LogP contribution in [0.1, 0.15) is 30.6 Å². The Bertz CT molecular complexity index is 932. The minimum absolute atomic E-state index is 0.0906. The molecule has 1 amide bonds. The lowest BCUT2D eigenvalue weighted by Crippen LogP contribution is -2.14. The molecule has 1 aromatic carbocycles. The highest BCUT2D eigenvalue weighted by Crippen LogP contribution is 2.40. The number of carboxylic acid groups (broad SMARTS) is 1. The first kappa shape index (κ1) is 17.8. The normalized spacial score (nSPS) is 10.9. The molecule has 0 saturated heterocycles. The number of hydrogen-bond acceptors (Lipinski definition) is 6. The van der Waals surface area contributed by atoms with Gasteiger partial charge < -0.3 is 9.63 Å². The smallest absolute Gasteiger partial charge is 0.336 e. The summed E-state index contributed by atoms with van der Waals surface area (Å²) in [7, 11) is 0. The Balaban J connectivity index is 2.13. The lowest BCUT2D eigenvalue weighted by atomic mass is 9.99. The van der Waals surface area contributed by atoms with Crippen molar-refractivity contribution in [1.82, 2.24) is 10.1 Å². The van der Waals surface area contributed by atoms with E-state index >= 15 is 0 Å². The number of carbonyl (C=O) groups is 2. The zero-order valence-corrected chi connectivity index (χ0v) is 15.0. The van der Waals surface area contributed by atoms with Crippen LogP contribution < -0.4 is 5.32 Å². The predicted octanol–water partition coefficient (Wildman–Crippen LogP) is 4.15. The molecule has 26 heavy (non-hydrogen) atoms. The number of benzene rings is 1. The summed E-state index contributed by atoms with van der Waals surface area (Å²) in [5, 5.41) is 18.6. The number of carbonyl (C=O) groups excluding carboxylic acids is 1. The van der Waals surface area contributed by atoms with Crippen LogP contribution in [0, 0.1) is 5.92 Å². The molecular weight excluding hydrogens is 354 g/mol. The van der Waals surface area contributed by atoms with Crippen molar-refractivity contribution in [3.8, 4) is 21.8 Å². The first-order chi connectivity index (χ1) is 12.5. The van der Waals surface area contributed by atoms with Gasteiger partial charge in [-0.15, -0.1) is 11.3 Å². The van der Waals surface area contributed by atoms with Gasteiger partial charge in [-0.05, 0) is 12.0 Å². The van der Waals surface area contributed by atoms with Crippen molar-refractivity contribution in [3.05, 3.63) is 41.4 Å². The lowest BCUT2D eigenvalue weighted by molar-refractivity contribution is -0.117. The molecule has 2 aromatic heterocycles. The maximum atomic E-state index is 12.2.